The number of nitro benzene ring substituents is 1. The highest BCUT2D eigenvalue weighted by atomic mass is 16.6. The molecule has 0 saturated carbocycles. The van der Waals surface area contributed by atoms with Crippen LogP contribution in [0.25, 0.3) is 0 Å². The van der Waals surface area contributed by atoms with Gasteiger partial charge in [-0.2, -0.15) is 0 Å². The first-order chi connectivity index (χ1) is 17.9. The normalized spacial score (nSPS) is 14.8. The van der Waals surface area contributed by atoms with E-state index < -0.39 is 22.9 Å². The Morgan fingerprint density at radius 3 is 2.11 bits per heavy atom. The number of hydrogen-bond acceptors (Lipinski definition) is 5. The maximum Gasteiger partial charge on any atom is 0.326 e. The summed E-state index contributed by atoms with van der Waals surface area (Å²) in [5.74, 6) is -2.02. The molecule has 0 radical (unpaired) electrons. The van der Waals surface area contributed by atoms with Crippen molar-refractivity contribution < 1.29 is 19.6 Å². The number of carboxylic acids is 1. The fraction of sp³-hybridized carbons (Fsp3) is 0.179. The highest BCUT2D eigenvalue weighted by molar-refractivity contribution is 5.91. The predicted octanol–water partition coefficient (Wildman–Crippen LogP) is 4.01. The Hall–Kier alpha value is -4.79. The van der Waals surface area contributed by atoms with Crippen molar-refractivity contribution >= 4 is 17.6 Å². The second-order valence-corrected chi connectivity index (χ2v) is 8.97. The molecule has 1 amide bonds. The molecule has 1 aliphatic heterocycles. The van der Waals surface area contributed by atoms with E-state index in [1.165, 1.54) is 17.0 Å². The van der Waals surface area contributed by atoms with Crippen molar-refractivity contribution in [1.29, 1.82) is 0 Å². The molecule has 0 fully saturated rings. The highest BCUT2D eigenvalue weighted by Crippen LogP contribution is 2.32. The molecule has 37 heavy (non-hydrogen) atoms. The summed E-state index contributed by atoms with van der Waals surface area (Å²) < 4.78 is 1.85. The number of carbonyl (C=O) groups excluding carboxylic acids is 1. The molecular formula is C28H24N4O5. The maximum absolute atomic E-state index is 14.0. The zero-order valence-corrected chi connectivity index (χ0v) is 19.8. The molecule has 1 atom stereocenters. The molecule has 0 bridgehead atoms. The number of nitro groups is 1. The Bertz CT molecular complexity index is 1400. The Balaban J connectivity index is 1.46. The minimum Gasteiger partial charge on any atom is -0.480 e. The monoisotopic (exact) mass is 496 g/mol. The Labute approximate surface area is 212 Å². The molecule has 1 aliphatic rings. The van der Waals surface area contributed by atoms with E-state index in [2.05, 4.69) is 4.98 Å². The molecule has 0 spiro atoms. The van der Waals surface area contributed by atoms with Crippen LogP contribution in [0, 0.1) is 10.1 Å². The van der Waals surface area contributed by atoms with Crippen molar-refractivity contribution in [1.82, 2.24) is 14.5 Å². The molecule has 1 aromatic heterocycles. The summed E-state index contributed by atoms with van der Waals surface area (Å²) in [5, 5.41) is 21.1. The van der Waals surface area contributed by atoms with Gasteiger partial charge in [-0.25, -0.2) is 9.78 Å². The summed E-state index contributed by atoms with van der Waals surface area (Å²) in [7, 11) is 0. The lowest BCUT2D eigenvalue weighted by molar-refractivity contribution is -0.384. The Kier molecular flexibility index (Phi) is 6.51. The zero-order chi connectivity index (χ0) is 25.9. The van der Waals surface area contributed by atoms with Crippen LogP contribution in [0.2, 0.25) is 0 Å². The van der Waals surface area contributed by atoms with Gasteiger partial charge in [-0.3, -0.25) is 14.9 Å². The Morgan fingerprint density at radius 1 is 0.973 bits per heavy atom. The topological polar surface area (TPSA) is 119 Å². The number of fused-ring (bicyclic) bond motifs is 1. The molecule has 1 unspecified atom stereocenters. The minimum absolute atomic E-state index is 0.00268. The van der Waals surface area contributed by atoms with Crippen LogP contribution < -0.4 is 0 Å². The smallest absolute Gasteiger partial charge is 0.326 e. The molecule has 1 N–H and O–H groups in total. The van der Waals surface area contributed by atoms with E-state index in [9.17, 15) is 24.8 Å². The third-order valence-electron chi connectivity index (χ3n) is 6.70. The zero-order valence-electron chi connectivity index (χ0n) is 19.8. The summed E-state index contributed by atoms with van der Waals surface area (Å²) in [6.45, 7) is 0.464. The molecule has 0 aliphatic carbocycles. The molecule has 0 saturated heterocycles. The number of imidazole rings is 1. The summed E-state index contributed by atoms with van der Waals surface area (Å²) >= 11 is 0. The molecule has 5 rings (SSSR count). The van der Waals surface area contributed by atoms with Crippen LogP contribution in [0.5, 0.6) is 0 Å². The van der Waals surface area contributed by atoms with Gasteiger partial charge in [0, 0.05) is 30.8 Å². The van der Waals surface area contributed by atoms with Crippen LogP contribution >= 0.6 is 0 Å². The van der Waals surface area contributed by atoms with Crippen molar-refractivity contribution in [2.45, 2.75) is 31.5 Å². The lowest BCUT2D eigenvalue weighted by atomic mass is 9.88. The fourth-order valence-electron chi connectivity index (χ4n) is 4.82. The van der Waals surface area contributed by atoms with E-state index in [0.717, 1.165) is 22.4 Å². The first-order valence-corrected chi connectivity index (χ1v) is 11.8. The van der Waals surface area contributed by atoms with E-state index >= 15 is 0 Å². The van der Waals surface area contributed by atoms with Crippen LogP contribution in [0.3, 0.4) is 0 Å². The number of aromatic nitrogens is 2. The van der Waals surface area contributed by atoms with E-state index in [4.69, 9.17) is 0 Å². The average molecular weight is 497 g/mol. The van der Waals surface area contributed by atoms with E-state index in [-0.39, 0.29) is 24.6 Å². The van der Waals surface area contributed by atoms with Crippen LogP contribution in [-0.4, -0.2) is 42.4 Å². The van der Waals surface area contributed by atoms with Crippen LogP contribution in [0.4, 0.5) is 5.69 Å². The molecule has 3 aromatic carbocycles. The van der Waals surface area contributed by atoms with Gasteiger partial charge in [-0.1, -0.05) is 72.8 Å². The van der Waals surface area contributed by atoms with Crippen LogP contribution in [0.1, 0.15) is 34.0 Å². The van der Waals surface area contributed by atoms with E-state index in [1.54, 1.807) is 18.5 Å². The highest BCUT2D eigenvalue weighted by Gasteiger charge is 2.40. The Morgan fingerprint density at radius 2 is 1.57 bits per heavy atom. The van der Waals surface area contributed by atoms with Crippen molar-refractivity contribution in [2.75, 3.05) is 0 Å². The van der Waals surface area contributed by atoms with Gasteiger partial charge < -0.3 is 14.6 Å². The number of rotatable bonds is 7. The molecule has 186 valence electrons. The summed E-state index contributed by atoms with van der Waals surface area (Å²) in [6.07, 6.45) is 1.74. The standard InChI is InChI=1S/C28H24N4O5/c33-27(26(20-7-3-1-4-8-20)21-9-5-2-6-10-21)31-17-23-24(15-25(31)28(34)35)30(18-29-23)16-19-11-13-22(14-12-19)32(36)37/h1-14,18,25-26H,15-17H2,(H,34,35). The number of carboxylic acid groups (broad SMARTS) is 1. The summed E-state index contributed by atoms with van der Waals surface area (Å²) in [5.41, 5.74) is 3.79. The van der Waals surface area contributed by atoms with E-state index in [0.29, 0.717) is 12.2 Å². The number of non-ortho nitro benzene ring substituents is 1. The first kappa shape index (κ1) is 23.9. The van der Waals surface area contributed by atoms with Crippen molar-refractivity contribution in [3.63, 3.8) is 0 Å². The lowest BCUT2D eigenvalue weighted by Gasteiger charge is -2.35. The largest absolute Gasteiger partial charge is 0.480 e. The SMILES string of the molecule is O=C(O)C1Cc2c(ncn2Cc2ccc([N+](=O)[O-])cc2)CN1C(=O)C(c1ccccc1)c1ccccc1. The third-order valence-corrected chi connectivity index (χ3v) is 6.70. The molecular weight excluding hydrogens is 472 g/mol. The van der Waals surface area contributed by atoms with Gasteiger partial charge >= 0.3 is 5.97 Å². The number of amides is 1. The van der Waals surface area contributed by atoms with Crippen molar-refractivity contribution in [2.24, 2.45) is 0 Å². The van der Waals surface area contributed by atoms with Gasteiger partial charge in [0.2, 0.25) is 5.91 Å². The number of hydrogen-bond donors (Lipinski definition) is 1. The quantitative estimate of drug-likeness (QED) is 0.305. The number of carbonyl (C=O) groups is 2. The second kappa shape index (κ2) is 10.1. The molecule has 2 heterocycles. The first-order valence-electron chi connectivity index (χ1n) is 11.8. The average Bonchev–Trinajstić information content (AvgIpc) is 3.31. The summed E-state index contributed by atoms with van der Waals surface area (Å²) in [6, 6.07) is 23.9. The predicted molar refractivity (Wildman–Crippen MR) is 135 cm³/mol. The van der Waals surface area contributed by atoms with Crippen LogP contribution in [-0.2, 0) is 29.1 Å². The maximum atomic E-state index is 14.0. The molecule has 9 heteroatoms. The van der Waals surface area contributed by atoms with Gasteiger partial charge in [0.05, 0.1) is 29.4 Å². The second-order valence-electron chi connectivity index (χ2n) is 8.97. The fourth-order valence-corrected chi connectivity index (χ4v) is 4.82. The number of nitrogens with zero attached hydrogens (tertiary/aromatic N) is 4. The summed E-state index contributed by atoms with van der Waals surface area (Å²) in [4.78, 5) is 42.8. The van der Waals surface area contributed by atoms with Gasteiger partial charge in [-0.05, 0) is 16.7 Å². The van der Waals surface area contributed by atoms with Crippen molar-refractivity contribution in [3.05, 3.63) is 129 Å². The van der Waals surface area contributed by atoms with E-state index in [1.807, 2.05) is 65.2 Å². The van der Waals surface area contributed by atoms with Gasteiger partial charge in [0.1, 0.15) is 6.04 Å². The number of benzene rings is 3. The third kappa shape index (κ3) is 4.84. The van der Waals surface area contributed by atoms with Crippen LogP contribution in [0.15, 0.2) is 91.3 Å². The minimum atomic E-state index is -1.08. The van der Waals surface area contributed by atoms with Gasteiger partial charge in [0.15, 0.2) is 0 Å². The molecule has 9 nitrogen and oxygen atoms in total. The van der Waals surface area contributed by atoms with Gasteiger partial charge in [-0.15, -0.1) is 0 Å². The number of aliphatic carboxylic acids is 1. The van der Waals surface area contributed by atoms with Crippen molar-refractivity contribution in [3.8, 4) is 0 Å². The van der Waals surface area contributed by atoms with Gasteiger partial charge in [0.25, 0.3) is 5.69 Å². The molecule has 4 aromatic rings. The lowest BCUT2D eigenvalue weighted by Crippen LogP contribution is -2.50.